The lowest BCUT2D eigenvalue weighted by Crippen LogP contribution is -2.00. The zero-order chi connectivity index (χ0) is 7.28. The molecule has 0 aromatic rings. The highest BCUT2D eigenvalue weighted by Gasteiger charge is 1.84. The topological polar surface area (TPSA) is 26.0 Å². The monoisotopic (exact) mass is 123 g/mol. The lowest BCUT2D eigenvalue weighted by atomic mass is 10.2. The van der Waals surface area contributed by atoms with E-state index in [1.54, 1.807) is 6.08 Å². The smallest absolute Gasteiger partial charge is 0.0177 e. The van der Waals surface area contributed by atoms with Gasteiger partial charge in [0, 0.05) is 6.54 Å². The Kier molecular flexibility index (Phi) is 3.72. The zero-order valence-corrected chi connectivity index (χ0v) is 5.85. The van der Waals surface area contributed by atoms with Gasteiger partial charge in [-0.3, -0.25) is 0 Å². The first-order chi connectivity index (χ1) is 4.20. The Labute approximate surface area is 56.6 Å². The Balaban J connectivity index is 4.07. The Morgan fingerprint density at radius 3 is 2.33 bits per heavy atom. The summed E-state index contributed by atoms with van der Waals surface area (Å²) >= 11 is 0. The summed E-state index contributed by atoms with van der Waals surface area (Å²) in [6, 6.07) is 0. The standard InChI is InChI=1S/C8H13N/c1-4-8(6-9)5-7(2)3/h4-5H,1-2,6,9H2,3H3/b8-5+. The molecule has 0 rings (SSSR count). The van der Waals surface area contributed by atoms with E-state index in [9.17, 15) is 0 Å². The van der Waals surface area contributed by atoms with Gasteiger partial charge in [0.15, 0.2) is 0 Å². The maximum absolute atomic E-state index is 5.35. The first-order valence-electron chi connectivity index (χ1n) is 2.89. The molecule has 0 aliphatic rings. The van der Waals surface area contributed by atoms with Crippen molar-refractivity contribution in [2.45, 2.75) is 6.92 Å². The summed E-state index contributed by atoms with van der Waals surface area (Å²) in [7, 11) is 0. The fourth-order valence-corrected chi connectivity index (χ4v) is 0.518. The number of hydrogen-bond donors (Lipinski definition) is 1. The van der Waals surface area contributed by atoms with Crippen molar-refractivity contribution < 1.29 is 0 Å². The lowest BCUT2D eigenvalue weighted by Gasteiger charge is -1.93. The Bertz CT molecular complexity index is 143. The summed E-state index contributed by atoms with van der Waals surface area (Å²) in [5.74, 6) is 0. The summed E-state index contributed by atoms with van der Waals surface area (Å²) in [5.41, 5.74) is 7.39. The third kappa shape index (κ3) is 3.74. The molecule has 2 N–H and O–H groups in total. The van der Waals surface area contributed by atoms with Gasteiger partial charge in [-0.25, -0.2) is 0 Å². The van der Waals surface area contributed by atoms with Crippen molar-refractivity contribution in [3.05, 3.63) is 36.5 Å². The number of allylic oxidation sites excluding steroid dienone is 2. The molecule has 0 spiro atoms. The quantitative estimate of drug-likeness (QED) is 0.567. The van der Waals surface area contributed by atoms with E-state index in [2.05, 4.69) is 13.2 Å². The van der Waals surface area contributed by atoms with Gasteiger partial charge in [0.25, 0.3) is 0 Å². The second-order valence-corrected chi connectivity index (χ2v) is 1.97. The van der Waals surface area contributed by atoms with E-state index in [1.165, 1.54) is 0 Å². The highest BCUT2D eigenvalue weighted by Crippen LogP contribution is 1.97. The van der Waals surface area contributed by atoms with Crippen LogP contribution in [0.1, 0.15) is 6.92 Å². The van der Waals surface area contributed by atoms with Crippen LogP contribution in [0, 0.1) is 0 Å². The van der Waals surface area contributed by atoms with Crippen molar-refractivity contribution >= 4 is 0 Å². The highest BCUT2D eigenvalue weighted by molar-refractivity contribution is 5.26. The van der Waals surface area contributed by atoms with E-state index in [1.807, 2.05) is 13.0 Å². The molecule has 0 aromatic heterocycles. The van der Waals surface area contributed by atoms with Crippen LogP contribution in [0.15, 0.2) is 36.5 Å². The van der Waals surface area contributed by atoms with Crippen LogP contribution in [-0.2, 0) is 0 Å². The fraction of sp³-hybridized carbons (Fsp3) is 0.250. The van der Waals surface area contributed by atoms with Crippen LogP contribution in [0.25, 0.3) is 0 Å². The molecule has 1 heteroatoms. The fourth-order valence-electron chi connectivity index (χ4n) is 0.518. The van der Waals surface area contributed by atoms with E-state index in [0.29, 0.717) is 6.54 Å². The SMILES string of the molecule is C=C/C(=C\C(=C)C)CN. The molecule has 0 saturated heterocycles. The maximum atomic E-state index is 5.35. The van der Waals surface area contributed by atoms with Gasteiger partial charge >= 0.3 is 0 Å². The van der Waals surface area contributed by atoms with Crippen molar-refractivity contribution in [2.24, 2.45) is 5.73 Å². The van der Waals surface area contributed by atoms with Crippen LogP contribution >= 0.6 is 0 Å². The summed E-state index contributed by atoms with van der Waals surface area (Å²) in [6.07, 6.45) is 3.67. The van der Waals surface area contributed by atoms with E-state index in [4.69, 9.17) is 5.73 Å². The number of rotatable bonds is 3. The van der Waals surface area contributed by atoms with Crippen LogP contribution in [0.2, 0.25) is 0 Å². The van der Waals surface area contributed by atoms with Crippen LogP contribution in [0.3, 0.4) is 0 Å². The minimum Gasteiger partial charge on any atom is -0.326 e. The molecule has 0 aromatic carbocycles. The largest absolute Gasteiger partial charge is 0.326 e. The predicted molar refractivity (Wildman–Crippen MR) is 42.1 cm³/mol. The predicted octanol–water partition coefficient (Wildman–Crippen LogP) is 1.63. The molecular weight excluding hydrogens is 110 g/mol. The first-order valence-corrected chi connectivity index (χ1v) is 2.89. The third-order valence-electron chi connectivity index (χ3n) is 0.930. The molecule has 0 atom stereocenters. The molecule has 0 fully saturated rings. The minimum atomic E-state index is 0.538. The van der Waals surface area contributed by atoms with E-state index in [0.717, 1.165) is 11.1 Å². The van der Waals surface area contributed by atoms with E-state index >= 15 is 0 Å². The third-order valence-corrected chi connectivity index (χ3v) is 0.930. The van der Waals surface area contributed by atoms with Crippen LogP contribution in [-0.4, -0.2) is 6.54 Å². The molecule has 0 saturated carbocycles. The second kappa shape index (κ2) is 4.10. The molecule has 0 aliphatic heterocycles. The first kappa shape index (κ1) is 8.18. The number of nitrogens with two attached hydrogens (primary N) is 1. The molecule has 0 heterocycles. The Morgan fingerprint density at radius 2 is 2.22 bits per heavy atom. The molecule has 0 unspecified atom stereocenters. The van der Waals surface area contributed by atoms with Gasteiger partial charge in [-0.1, -0.05) is 30.9 Å². The minimum absolute atomic E-state index is 0.538. The molecule has 1 nitrogen and oxygen atoms in total. The average Bonchev–Trinajstić information content (AvgIpc) is 1.82. The van der Waals surface area contributed by atoms with Gasteiger partial charge < -0.3 is 5.73 Å². The van der Waals surface area contributed by atoms with Crippen molar-refractivity contribution in [3.8, 4) is 0 Å². The van der Waals surface area contributed by atoms with Crippen molar-refractivity contribution in [1.82, 2.24) is 0 Å². The molecule has 50 valence electrons. The van der Waals surface area contributed by atoms with Gasteiger partial charge in [0.2, 0.25) is 0 Å². The molecule has 0 aliphatic carbocycles. The van der Waals surface area contributed by atoms with Gasteiger partial charge in [-0.2, -0.15) is 0 Å². The second-order valence-electron chi connectivity index (χ2n) is 1.97. The molecule has 0 bridgehead atoms. The summed E-state index contributed by atoms with van der Waals surface area (Å²) < 4.78 is 0. The van der Waals surface area contributed by atoms with Gasteiger partial charge in [-0.05, 0) is 12.5 Å². The van der Waals surface area contributed by atoms with Crippen molar-refractivity contribution in [2.75, 3.05) is 6.54 Å². The van der Waals surface area contributed by atoms with Crippen molar-refractivity contribution in [3.63, 3.8) is 0 Å². The van der Waals surface area contributed by atoms with Gasteiger partial charge in [0.1, 0.15) is 0 Å². The number of hydrogen-bond acceptors (Lipinski definition) is 1. The summed E-state index contributed by atoms with van der Waals surface area (Å²) in [4.78, 5) is 0. The summed E-state index contributed by atoms with van der Waals surface area (Å²) in [5, 5.41) is 0. The highest BCUT2D eigenvalue weighted by atomic mass is 14.5. The summed E-state index contributed by atoms with van der Waals surface area (Å²) in [6.45, 7) is 9.77. The van der Waals surface area contributed by atoms with E-state index in [-0.39, 0.29) is 0 Å². The molecule has 0 radical (unpaired) electrons. The molecule has 0 amide bonds. The molecule has 9 heavy (non-hydrogen) atoms. The molecular formula is C8H13N. The Hall–Kier alpha value is -0.820. The normalized spacial score (nSPS) is 11.1. The van der Waals surface area contributed by atoms with Crippen molar-refractivity contribution in [1.29, 1.82) is 0 Å². The average molecular weight is 123 g/mol. The van der Waals surface area contributed by atoms with Crippen LogP contribution in [0.5, 0.6) is 0 Å². The zero-order valence-electron chi connectivity index (χ0n) is 5.85. The Morgan fingerprint density at radius 1 is 1.67 bits per heavy atom. The van der Waals surface area contributed by atoms with Crippen LogP contribution < -0.4 is 5.73 Å². The van der Waals surface area contributed by atoms with Gasteiger partial charge in [-0.15, -0.1) is 0 Å². The van der Waals surface area contributed by atoms with Crippen LogP contribution in [0.4, 0.5) is 0 Å². The lowest BCUT2D eigenvalue weighted by molar-refractivity contribution is 1.18. The maximum Gasteiger partial charge on any atom is 0.0177 e. The van der Waals surface area contributed by atoms with E-state index < -0.39 is 0 Å². The van der Waals surface area contributed by atoms with Gasteiger partial charge in [0.05, 0.1) is 0 Å².